The van der Waals surface area contributed by atoms with Crippen LogP contribution < -0.4 is 10.1 Å². The van der Waals surface area contributed by atoms with Gasteiger partial charge in [0.25, 0.3) is 0 Å². The summed E-state index contributed by atoms with van der Waals surface area (Å²) >= 11 is 0. The van der Waals surface area contributed by atoms with E-state index in [1.54, 1.807) is 14.2 Å². The first-order valence-corrected chi connectivity index (χ1v) is 5.87. The Hall–Kier alpha value is -1.97. The first-order valence-electron chi connectivity index (χ1n) is 5.87. The van der Waals surface area contributed by atoms with E-state index in [0.29, 0.717) is 6.54 Å². The average molecular weight is 247 g/mol. The summed E-state index contributed by atoms with van der Waals surface area (Å²) in [5.41, 5.74) is 1.21. The number of hydrogen-bond donors (Lipinski definition) is 1. The average Bonchev–Trinajstić information content (AvgIpc) is 2.40. The van der Waals surface area contributed by atoms with Crippen molar-refractivity contribution in [1.29, 1.82) is 0 Å². The van der Waals surface area contributed by atoms with Gasteiger partial charge in [0.1, 0.15) is 5.75 Å². The van der Waals surface area contributed by atoms with E-state index in [-0.39, 0.29) is 0 Å². The highest BCUT2D eigenvalue weighted by Gasteiger charge is 2.05. The number of nitrogens with zero attached hydrogens (tertiary/aromatic N) is 2. The normalized spacial score (nSPS) is 10.9. The van der Waals surface area contributed by atoms with Crippen LogP contribution in [0.25, 0.3) is 0 Å². The molecule has 0 atom stereocenters. The molecule has 1 rings (SSSR count). The monoisotopic (exact) mass is 247 g/mol. The standard InChI is InChI=1S/C14H21N3O/c1-5-10-16-14(15-2)17(3)11-12-6-8-13(18-4)9-7-12/h5-9H,1,10-11H2,2-4H3,(H,15,16). The van der Waals surface area contributed by atoms with Crippen molar-refractivity contribution in [1.82, 2.24) is 10.2 Å². The number of rotatable bonds is 5. The maximum atomic E-state index is 5.14. The van der Waals surface area contributed by atoms with Crippen molar-refractivity contribution in [3.05, 3.63) is 42.5 Å². The summed E-state index contributed by atoms with van der Waals surface area (Å²) < 4.78 is 5.14. The quantitative estimate of drug-likeness (QED) is 0.490. The molecule has 0 amide bonds. The topological polar surface area (TPSA) is 36.9 Å². The number of hydrogen-bond acceptors (Lipinski definition) is 2. The number of benzene rings is 1. The van der Waals surface area contributed by atoms with Gasteiger partial charge in [-0.3, -0.25) is 4.99 Å². The third-order valence-corrected chi connectivity index (χ3v) is 2.56. The van der Waals surface area contributed by atoms with Gasteiger partial charge in [0.15, 0.2) is 5.96 Å². The second-order valence-electron chi connectivity index (χ2n) is 3.92. The largest absolute Gasteiger partial charge is 0.497 e. The van der Waals surface area contributed by atoms with Crippen molar-refractivity contribution in [2.45, 2.75) is 6.54 Å². The molecule has 98 valence electrons. The van der Waals surface area contributed by atoms with Gasteiger partial charge in [0.2, 0.25) is 0 Å². The molecule has 4 heteroatoms. The van der Waals surface area contributed by atoms with E-state index in [1.807, 2.05) is 25.3 Å². The Morgan fingerprint density at radius 3 is 2.61 bits per heavy atom. The second-order valence-corrected chi connectivity index (χ2v) is 3.92. The van der Waals surface area contributed by atoms with E-state index in [4.69, 9.17) is 4.74 Å². The third kappa shape index (κ3) is 4.13. The molecule has 18 heavy (non-hydrogen) atoms. The summed E-state index contributed by atoms with van der Waals surface area (Å²) in [6.45, 7) is 5.18. The lowest BCUT2D eigenvalue weighted by atomic mass is 10.2. The summed E-state index contributed by atoms with van der Waals surface area (Å²) in [4.78, 5) is 6.28. The summed E-state index contributed by atoms with van der Waals surface area (Å²) in [6, 6.07) is 8.03. The summed E-state index contributed by atoms with van der Waals surface area (Å²) in [7, 11) is 5.45. The molecule has 0 aromatic heterocycles. The molecule has 0 radical (unpaired) electrons. The first-order chi connectivity index (χ1) is 8.71. The summed E-state index contributed by atoms with van der Waals surface area (Å²) in [6.07, 6.45) is 1.81. The number of guanidine groups is 1. The van der Waals surface area contributed by atoms with Gasteiger partial charge in [-0.15, -0.1) is 6.58 Å². The van der Waals surface area contributed by atoms with Gasteiger partial charge in [-0.25, -0.2) is 0 Å². The minimum atomic E-state index is 0.708. The van der Waals surface area contributed by atoms with E-state index < -0.39 is 0 Å². The lowest BCUT2D eigenvalue weighted by Crippen LogP contribution is -2.38. The fourth-order valence-corrected chi connectivity index (χ4v) is 1.63. The number of ether oxygens (including phenoxy) is 1. The SMILES string of the molecule is C=CCNC(=NC)N(C)Cc1ccc(OC)cc1. The molecule has 0 fully saturated rings. The fourth-order valence-electron chi connectivity index (χ4n) is 1.63. The smallest absolute Gasteiger partial charge is 0.193 e. The molecule has 0 saturated heterocycles. The third-order valence-electron chi connectivity index (χ3n) is 2.56. The van der Waals surface area contributed by atoms with Gasteiger partial charge >= 0.3 is 0 Å². The molecular weight excluding hydrogens is 226 g/mol. The molecule has 1 aromatic carbocycles. The van der Waals surface area contributed by atoms with Crippen LogP contribution in [0.2, 0.25) is 0 Å². The van der Waals surface area contributed by atoms with Crippen LogP contribution in [0.3, 0.4) is 0 Å². The number of methoxy groups -OCH3 is 1. The molecule has 0 unspecified atom stereocenters. The Morgan fingerprint density at radius 2 is 2.11 bits per heavy atom. The molecule has 0 aliphatic carbocycles. The van der Waals surface area contributed by atoms with Crippen LogP contribution in [-0.2, 0) is 6.54 Å². The molecule has 1 N–H and O–H groups in total. The van der Waals surface area contributed by atoms with Gasteiger partial charge in [0.05, 0.1) is 7.11 Å². The van der Waals surface area contributed by atoms with Gasteiger partial charge in [0, 0.05) is 27.2 Å². The molecule has 0 spiro atoms. The van der Waals surface area contributed by atoms with Crippen LogP contribution in [0.1, 0.15) is 5.56 Å². The van der Waals surface area contributed by atoms with Crippen molar-refractivity contribution in [2.75, 3.05) is 27.7 Å². The predicted molar refractivity (Wildman–Crippen MR) is 76.0 cm³/mol. The first kappa shape index (κ1) is 14.1. The van der Waals surface area contributed by atoms with E-state index in [2.05, 4.69) is 33.9 Å². The van der Waals surface area contributed by atoms with Crippen molar-refractivity contribution >= 4 is 5.96 Å². The lowest BCUT2D eigenvalue weighted by molar-refractivity contribution is 0.414. The van der Waals surface area contributed by atoms with Crippen LogP contribution in [0.15, 0.2) is 41.9 Å². The van der Waals surface area contributed by atoms with E-state index in [1.165, 1.54) is 5.56 Å². The van der Waals surface area contributed by atoms with E-state index >= 15 is 0 Å². The van der Waals surface area contributed by atoms with Gasteiger partial charge in [-0.1, -0.05) is 18.2 Å². The molecule has 0 bridgehead atoms. The van der Waals surface area contributed by atoms with Gasteiger partial charge < -0.3 is 15.0 Å². The van der Waals surface area contributed by atoms with Crippen molar-refractivity contribution in [3.63, 3.8) is 0 Å². The van der Waals surface area contributed by atoms with Gasteiger partial charge in [-0.05, 0) is 17.7 Å². The van der Waals surface area contributed by atoms with E-state index in [9.17, 15) is 0 Å². The van der Waals surface area contributed by atoms with Crippen molar-refractivity contribution in [3.8, 4) is 5.75 Å². The summed E-state index contributed by atoms with van der Waals surface area (Å²) in [5.74, 6) is 1.72. The Balaban J connectivity index is 2.61. The minimum absolute atomic E-state index is 0.708. The van der Waals surface area contributed by atoms with Crippen LogP contribution in [-0.4, -0.2) is 38.6 Å². The van der Waals surface area contributed by atoms with Crippen molar-refractivity contribution < 1.29 is 4.74 Å². The second kappa shape index (κ2) is 7.37. The Kier molecular flexibility index (Phi) is 5.77. The van der Waals surface area contributed by atoms with Crippen molar-refractivity contribution in [2.24, 2.45) is 4.99 Å². The number of nitrogens with one attached hydrogen (secondary N) is 1. The zero-order chi connectivity index (χ0) is 13.4. The molecule has 0 aliphatic heterocycles. The van der Waals surface area contributed by atoms with Crippen LogP contribution in [0.5, 0.6) is 5.75 Å². The van der Waals surface area contributed by atoms with Crippen LogP contribution in [0, 0.1) is 0 Å². The lowest BCUT2D eigenvalue weighted by Gasteiger charge is -2.21. The molecule has 0 saturated carbocycles. The molecule has 4 nitrogen and oxygen atoms in total. The highest BCUT2D eigenvalue weighted by Crippen LogP contribution is 2.12. The zero-order valence-electron chi connectivity index (χ0n) is 11.3. The minimum Gasteiger partial charge on any atom is -0.497 e. The Morgan fingerprint density at radius 1 is 1.44 bits per heavy atom. The maximum absolute atomic E-state index is 5.14. The summed E-state index contributed by atoms with van der Waals surface area (Å²) in [5, 5.41) is 3.19. The van der Waals surface area contributed by atoms with E-state index in [0.717, 1.165) is 18.3 Å². The Labute approximate surface area is 109 Å². The highest BCUT2D eigenvalue weighted by molar-refractivity contribution is 5.79. The molecule has 1 aromatic rings. The fraction of sp³-hybridized carbons (Fsp3) is 0.357. The molecule has 0 aliphatic rings. The molecular formula is C14H21N3O. The van der Waals surface area contributed by atoms with Gasteiger partial charge in [-0.2, -0.15) is 0 Å². The Bertz CT molecular complexity index is 398. The molecule has 0 heterocycles. The highest BCUT2D eigenvalue weighted by atomic mass is 16.5. The zero-order valence-corrected chi connectivity index (χ0v) is 11.3. The van der Waals surface area contributed by atoms with Crippen LogP contribution in [0.4, 0.5) is 0 Å². The maximum Gasteiger partial charge on any atom is 0.193 e. The number of aliphatic imine (C=N–C) groups is 1. The predicted octanol–water partition coefficient (Wildman–Crippen LogP) is 1.89. The van der Waals surface area contributed by atoms with Crippen LogP contribution >= 0.6 is 0 Å².